The van der Waals surface area contributed by atoms with Crippen LogP contribution in [0.25, 0.3) is 21.7 Å². The van der Waals surface area contributed by atoms with E-state index in [1.54, 1.807) is 24.3 Å². The van der Waals surface area contributed by atoms with Crippen LogP contribution in [0.3, 0.4) is 0 Å². The van der Waals surface area contributed by atoms with Gasteiger partial charge in [-0.1, -0.05) is 30.3 Å². The molecule has 0 aliphatic carbocycles. The fourth-order valence-electron chi connectivity index (χ4n) is 3.20. The van der Waals surface area contributed by atoms with Gasteiger partial charge in [0, 0.05) is 5.39 Å². The summed E-state index contributed by atoms with van der Waals surface area (Å²) in [6, 6.07) is 18.4. The van der Waals surface area contributed by atoms with E-state index in [2.05, 4.69) is 15.3 Å². The second-order valence-electron chi connectivity index (χ2n) is 6.78. The standard InChI is InChI=1S/C24H20N2O6/c1-29-21-11-15(7-9-20(21)31-14-23(27)30-2)13-25-26-24(28)22-12-18-17-6-4-3-5-16(17)8-10-19(18)32-22/h3-13H,14H2,1-2H3,(H,26,28). The third-order valence-electron chi connectivity index (χ3n) is 4.79. The summed E-state index contributed by atoms with van der Waals surface area (Å²) in [6.07, 6.45) is 1.46. The van der Waals surface area contributed by atoms with Crippen molar-refractivity contribution in [2.24, 2.45) is 5.10 Å². The first-order chi connectivity index (χ1) is 15.6. The Hall–Kier alpha value is -4.33. The number of ether oxygens (including phenoxy) is 3. The molecule has 0 fully saturated rings. The largest absolute Gasteiger partial charge is 0.493 e. The molecule has 1 amide bonds. The molecule has 0 aliphatic rings. The van der Waals surface area contributed by atoms with E-state index in [1.165, 1.54) is 20.4 Å². The van der Waals surface area contributed by atoms with Gasteiger partial charge in [-0.3, -0.25) is 4.79 Å². The van der Waals surface area contributed by atoms with Crippen molar-refractivity contribution in [3.05, 3.63) is 72.0 Å². The number of hydrazone groups is 1. The first kappa shape index (κ1) is 20.9. The van der Waals surface area contributed by atoms with E-state index in [0.29, 0.717) is 22.6 Å². The van der Waals surface area contributed by atoms with Crippen LogP contribution in [0.15, 0.2) is 70.2 Å². The van der Waals surface area contributed by atoms with Crippen molar-refractivity contribution in [1.29, 1.82) is 0 Å². The molecule has 8 heteroatoms. The third-order valence-corrected chi connectivity index (χ3v) is 4.79. The van der Waals surface area contributed by atoms with E-state index in [0.717, 1.165) is 16.2 Å². The molecule has 0 saturated heterocycles. The highest BCUT2D eigenvalue weighted by molar-refractivity contribution is 6.08. The van der Waals surface area contributed by atoms with E-state index < -0.39 is 11.9 Å². The van der Waals surface area contributed by atoms with E-state index >= 15 is 0 Å². The van der Waals surface area contributed by atoms with Gasteiger partial charge < -0.3 is 18.6 Å². The minimum absolute atomic E-state index is 0.164. The highest BCUT2D eigenvalue weighted by Gasteiger charge is 2.13. The topological polar surface area (TPSA) is 99.4 Å². The second kappa shape index (κ2) is 9.22. The van der Waals surface area contributed by atoms with Gasteiger partial charge in [-0.2, -0.15) is 5.10 Å². The van der Waals surface area contributed by atoms with Gasteiger partial charge in [0.2, 0.25) is 0 Å². The fourth-order valence-corrected chi connectivity index (χ4v) is 3.20. The molecule has 0 aliphatic heterocycles. The van der Waals surface area contributed by atoms with Gasteiger partial charge >= 0.3 is 11.9 Å². The number of esters is 1. The van der Waals surface area contributed by atoms with Crippen LogP contribution < -0.4 is 14.9 Å². The van der Waals surface area contributed by atoms with Crippen molar-refractivity contribution >= 4 is 39.8 Å². The van der Waals surface area contributed by atoms with E-state index in [1.807, 2.05) is 36.4 Å². The number of carbonyl (C=O) groups excluding carboxylic acids is 2. The Morgan fingerprint density at radius 2 is 1.84 bits per heavy atom. The van der Waals surface area contributed by atoms with Crippen molar-refractivity contribution in [2.45, 2.75) is 0 Å². The van der Waals surface area contributed by atoms with E-state index in [9.17, 15) is 9.59 Å². The van der Waals surface area contributed by atoms with E-state index in [-0.39, 0.29) is 12.4 Å². The number of carbonyl (C=O) groups is 2. The van der Waals surface area contributed by atoms with Crippen LogP contribution in [0.2, 0.25) is 0 Å². The number of furan rings is 1. The van der Waals surface area contributed by atoms with Gasteiger partial charge in [-0.05, 0) is 46.7 Å². The molecule has 8 nitrogen and oxygen atoms in total. The highest BCUT2D eigenvalue weighted by Crippen LogP contribution is 2.29. The zero-order valence-electron chi connectivity index (χ0n) is 17.5. The first-order valence-electron chi connectivity index (χ1n) is 9.71. The Morgan fingerprint density at radius 1 is 1.00 bits per heavy atom. The Labute approximate surface area is 183 Å². The lowest BCUT2D eigenvalue weighted by Gasteiger charge is -2.10. The molecule has 1 aromatic heterocycles. The third kappa shape index (κ3) is 4.39. The zero-order valence-corrected chi connectivity index (χ0v) is 17.5. The summed E-state index contributed by atoms with van der Waals surface area (Å²) in [7, 11) is 2.76. The summed E-state index contributed by atoms with van der Waals surface area (Å²) in [6.45, 7) is -0.233. The lowest BCUT2D eigenvalue weighted by Crippen LogP contribution is -2.16. The van der Waals surface area contributed by atoms with Crippen molar-refractivity contribution < 1.29 is 28.2 Å². The molecule has 0 bridgehead atoms. The van der Waals surface area contributed by atoms with Crippen LogP contribution in [-0.2, 0) is 9.53 Å². The van der Waals surface area contributed by atoms with Crippen LogP contribution in [0.5, 0.6) is 11.5 Å². The zero-order chi connectivity index (χ0) is 22.5. The quantitative estimate of drug-likeness (QED) is 0.270. The summed E-state index contributed by atoms with van der Waals surface area (Å²) < 4.78 is 20.9. The predicted octanol–water partition coefficient (Wildman–Crippen LogP) is 3.91. The molecular weight excluding hydrogens is 412 g/mol. The SMILES string of the molecule is COC(=O)COc1ccc(C=NNC(=O)c2cc3c(ccc4ccccc43)o2)cc1OC. The summed E-state index contributed by atoms with van der Waals surface area (Å²) >= 11 is 0. The highest BCUT2D eigenvalue weighted by atomic mass is 16.6. The minimum Gasteiger partial charge on any atom is -0.493 e. The molecule has 1 heterocycles. The van der Waals surface area contributed by atoms with Crippen LogP contribution in [0.1, 0.15) is 16.1 Å². The van der Waals surface area contributed by atoms with Gasteiger partial charge in [-0.25, -0.2) is 10.2 Å². The second-order valence-corrected chi connectivity index (χ2v) is 6.78. The monoisotopic (exact) mass is 432 g/mol. The van der Waals surface area contributed by atoms with E-state index in [4.69, 9.17) is 13.9 Å². The molecule has 0 saturated carbocycles. The van der Waals surface area contributed by atoms with Crippen LogP contribution in [-0.4, -0.2) is 38.9 Å². The van der Waals surface area contributed by atoms with Crippen molar-refractivity contribution in [3.8, 4) is 11.5 Å². The number of nitrogens with zero attached hydrogens (tertiary/aromatic N) is 1. The van der Waals surface area contributed by atoms with Gasteiger partial charge in [0.25, 0.3) is 0 Å². The predicted molar refractivity (Wildman–Crippen MR) is 119 cm³/mol. The van der Waals surface area contributed by atoms with Gasteiger partial charge in [-0.15, -0.1) is 0 Å². The fraction of sp³-hybridized carbons (Fsp3) is 0.125. The molecule has 4 aromatic rings. The normalized spacial score (nSPS) is 11.1. The molecule has 0 unspecified atom stereocenters. The number of nitrogens with one attached hydrogen (secondary N) is 1. The molecular formula is C24H20N2O6. The maximum Gasteiger partial charge on any atom is 0.343 e. The number of fused-ring (bicyclic) bond motifs is 3. The van der Waals surface area contributed by atoms with Crippen molar-refractivity contribution in [2.75, 3.05) is 20.8 Å². The number of benzene rings is 3. The average molecular weight is 432 g/mol. The lowest BCUT2D eigenvalue weighted by molar-refractivity contribution is -0.142. The van der Waals surface area contributed by atoms with Crippen LogP contribution in [0, 0.1) is 0 Å². The van der Waals surface area contributed by atoms with Gasteiger partial charge in [0.05, 0.1) is 20.4 Å². The summed E-state index contributed by atoms with van der Waals surface area (Å²) in [5.74, 6) is -0.00918. The molecule has 32 heavy (non-hydrogen) atoms. The molecule has 4 rings (SSSR count). The molecule has 0 atom stereocenters. The number of rotatable bonds is 7. The van der Waals surface area contributed by atoms with Gasteiger partial charge in [0.1, 0.15) is 5.58 Å². The summed E-state index contributed by atoms with van der Waals surface area (Å²) in [5.41, 5.74) is 3.75. The minimum atomic E-state index is -0.501. The molecule has 0 radical (unpaired) electrons. The summed E-state index contributed by atoms with van der Waals surface area (Å²) in [4.78, 5) is 23.7. The average Bonchev–Trinajstić information content (AvgIpc) is 3.28. The van der Waals surface area contributed by atoms with Gasteiger partial charge in [0.15, 0.2) is 23.9 Å². The number of methoxy groups -OCH3 is 2. The van der Waals surface area contributed by atoms with Crippen LogP contribution >= 0.6 is 0 Å². The van der Waals surface area contributed by atoms with Crippen molar-refractivity contribution in [3.63, 3.8) is 0 Å². The molecule has 162 valence electrons. The summed E-state index contributed by atoms with van der Waals surface area (Å²) in [5, 5.41) is 6.93. The Balaban J connectivity index is 1.46. The van der Waals surface area contributed by atoms with Crippen LogP contribution in [0.4, 0.5) is 0 Å². The Morgan fingerprint density at radius 3 is 2.66 bits per heavy atom. The smallest absolute Gasteiger partial charge is 0.343 e. The maximum absolute atomic E-state index is 12.5. The number of amides is 1. The Kier molecular flexibility index (Phi) is 6.03. The molecule has 0 spiro atoms. The maximum atomic E-state index is 12.5. The first-order valence-corrected chi connectivity index (χ1v) is 9.71. The number of hydrogen-bond acceptors (Lipinski definition) is 7. The number of hydrogen-bond donors (Lipinski definition) is 1. The lowest BCUT2D eigenvalue weighted by atomic mass is 10.1. The molecule has 1 N–H and O–H groups in total. The molecule has 3 aromatic carbocycles. The Bertz CT molecular complexity index is 1320. The van der Waals surface area contributed by atoms with Crippen molar-refractivity contribution in [1.82, 2.24) is 5.43 Å².